The lowest BCUT2D eigenvalue weighted by molar-refractivity contribution is -0.142. The van der Waals surface area contributed by atoms with Gasteiger partial charge in [0.05, 0.1) is 6.54 Å². The molecule has 0 saturated carbocycles. The number of nitrogens with two attached hydrogens (primary N) is 1. The Balaban J connectivity index is 1.88. The molecule has 2 heterocycles. The van der Waals surface area contributed by atoms with Crippen LogP contribution >= 0.6 is 11.3 Å². The van der Waals surface area contributed by atoms with Gasteiger partial charge in [-0.15, -0.1) is 10.2 Å². The molecule has 3 rings (SSSR count). The Morgan fingerprint density at radius 2 is 1.91 bits per heavy atom. The molecule has 118 valence electrons. The van der Waals surface area contributed by atoms with Crippen molar-refractivity contribution in [1.82, 2.24) is 20.2 Å². The zero-order chi connectivity index (χ0) is 15.7. The molecule has 3 N–H and O–H groups in total. The fourth-order valence-electron chi connectivity index (χ4n) is 2.40. The Morgan fingerprint density at radius 3 is 2.59 bits per heavy atom. The van der Waals surface area contributed by atoms with Crippen LogP contribution in [-0.4, -0.2) is 20.2 Å². The van der Waals surface area contributed by atoms with E-state index in [1.165, 1.54) is 0 Å². The van der Waals surface area contributed by atoms with E-state index in [-0.39, 0.29) is 18.1 Å². The van der Waals surface area contributed by atoms with Crippen molar-refractivity contribution in [3.05, 3.63) is 22.0 Å². The highest BCUT2D eigenvalue weighted by Crippen LogP contribution is 2.35. The summed E-state index contributed by atoms with van der Waals surface area (Å²) in [4.78, 5) is 7.87. The molecule has 0 bridgehead atoms. The molecule has 0 spiro atoms. The summed E-state index contributed by atoms with van der Waals surface area (Å²) in [6.07, 6.45) is -1.99. The number of alkyl halides is 3. The van der Waals surface area contributed by atoms with Crippen molar-refractivity contribution in [2.24, 2.45) is 0 Å². The van der Waals surface area contributed by atoms with Crippen molar-refractivity contribution in [2.75, 3.05) is 11.1 Å². The van der Waals surface area contributed by atoms with Gasteiger partial charge in [-0.3, -0.25) is 0 Å². The molecule has 0 saturated heterocycles. The maximum Gasteiger partial charge on any atom is 0.433 e. The standard InChI is InChI=1S/C12H13F3N6S/c13-12(14,15)9-6-3-1-2-4-7(6)18-11(19-9)17-5-8-20-21-10(16)22-8/h1-5H2,(H2,16,21)(H,17,18,19). The monoisotopic (exact) mass is 330 g/mol. The molecule has 0 radical (unpaired) electrons. The van der Waals surface area contributed by atoms with Crippen molar-refractivity contribution in [3.8, 4) is 0 Å². The van der Waals surface area contributed by atoms with Gasteiger partial charge in [-0.05, 0) is 25.7 Å². The summed E-state index contributed by atoms with van der Waals surface area (Å²) >= 11 is 1.16. The third kappa shape index (κ3) is 3.11. The van der Waals surface area contributed by atoms with Gasteiger partial charge in [0.15, 0.2) is 5.69 Å². The first-order valence-electron chi connectivity index (χ1n) is 6.72. The number of hydrogen-bond acceptors (Lipinski definition) is 7. The predicted octanol–water partition coefficient (Wildman–Crippen LogP) is 2.42. The Labute approximate surface area is 128 Å². The normalized spacial score (nSPS) is 14.7. The molecular weight excluding hydrogens is 317 g/mol. The summed E-state index contributed by atoms with van der Waals surface area (Å²) in [7, 11) is 0. The van der Waals surface area contributed by atoms with Crippen LogP contribution in [-0.2, 0) is 25.6 Å². The fourth-order valence-corrected chi connectivity index (χ4v) is 2.95. The molecule has 22 heavy (non-hydrogen) atoms. The number of rotatable bonds is 3. The zero-order valence-electron chi connectivity index (χ0n) is 11.4. The number of aryl methyl sites for hydroxylation is 1. The van der Waals surface area contributed by atoms with E-state index in [0.29, 0.717) is 28.7 Å². The molecule has 2 aromatic heterocycles. The maximum absolute atomic E-state index is 13.2. The lowest BCUT2D eigenvalue weighted by Crippen LogP contribution is -2.20. The Morgan fingerprint density at radius 1 is 1.14 bits per heavy atom. The lowest BCUT2D eigenvalue weighted by Gasteiger charge is -2.20. The van der Waals surface area contributed by atoms with Crippen molar-refractivity contribution in [3.63, 3.8) is 0 Å². The van der Waals surface area contributed by atoms with Gasteiger partial charge in [-0.2, -0.15) is 13.2 Å². The SMILES string of the molecule is Nc1nnc(CNc2nc3c(c(C(F)(F)F)n2)CCCC3)s1. The van der Waals surface area contributed by atoms with E-state index in [4.69, 9.17) is 5.73 Å². The molecule has 2 aromatic rings. The Kier molecular flexibility index (Phi) is 3.85. The van der Waals surface area contributed by atoms with Gasteiger partial charge in [0.1, 0.15) is 5.01 Å². The number of anilines is 2. The second kappa shape index (κ2) is 5.67. The van der Waals surface area contributed by atoms with E-state index >= 15 is 0 Å². The van der Waals surface area contributed by atoms with Crippen LogP contribution < -0.4 is 11.1 Å². The first-order chi connectivity index (χ1) is 10.4. The van der Waals surface area contributed by atoms with Gasteiger partial charge in [0, 0.05) is 11.3 Å². The van der Waals surface area contributed by atoms with Crippen molar-refractivity contribution < 1.29 is 13.2 Å². The van der Waals surface area contributed by atoms with Crippen LogP contribution in [0.25, 0.3) is 0 Å². The van der Waals surface area contributed by atoms with E-state index in [0.717, 1.165) is 24.2 Å². The Hall–Kier alpha value is -1.97. The highest BCUT2D eigenvalue weighted by Gasteiger charge is 2.37. The summed E-state index contributed by atoms with van der Waals surface area (Å²) in [6.45, 7) is 0.185. The second-order valence-electron chi connectivity index (χ2n) is 4.91. The van der Waals surface area contributed by atoms with Crippen LogP contribution in [0.1, 0.15) is 34.8 Å². The lowest BCUT2D eigenvalue weighted by atomic mass is 9.94. The molecule has 0 atom stereocenters. The summed E-state index contributed by atoms with van der Waals surface area (Å²) in [5, 5.41) is 11.1. The van der Waals surface area contributed by atoms with E-state index in [9.17, 15) is 13.2 Å². The van der Waals surface area contributed by atoms with Crippen molar-refractivity contribution in [1.29, 1.82) is 0 Å². The number of hydrogen-bond donors (Lipinski definition) is 2. The van der Waals surface area contributed by atoms with Gasteiger partial charge in [-0.25, -0.2) is 9.97 Å². The van der Waals surface area contributed by atoms with Crippen LogP contribution in [0.4, 0.5) is 24.3 Å². The van der Waals surface area contributed by atoms with Crippen molar-refractivity contribution >= 4 is 22.4 Å². The summed E-state index contributed by atoms with van der Waals surface area (Å²) in [6, 6.07) is 0. The van der Waals surface area contributed by atoms with Crippen molar-refractivity contribution in [2.45, 2.75) is 38.4 Å². The number of nitrogen functional groups attached to an aromatic ring is 1. The maximum atomic E-state index is 13.2. The highest BCUT2D eigenvalue weighted by atomic mass is 32.1. The van der Waals surface area contributed by atoms with E-state index in [2.05, 4.69) is 25.5 Å². The molecule has 10 heteroatoms. The van der Waals surface area contributed by atoms with Crippen LogP contribution in [0.5, 0.6) is 0 Å². The predicted molar refractivity (Wildman–Crippen MR) is 75.3 cm³/mol. The smallest absolute Gasteiger partial charge is 0.374 e. The van der Waals surface area contributed by atoms with Crippen LogP contribution in [0.15, 0.2) is 0 Å². The summed E-state index contributed by atoms with van der Waals surface area (Å²) in [5.41, 5.74) is 5.33. The van der Waals surface area contributed by atoms with E-state index < -0.39 is 11.9 Å². The first kappa shape index (κ1) is 14.9. The van der Waals surface area contributed by atoms with Crippen LogP contribution in [0.2, 0.25) is 0 Å². The minimum Gasteiger partial charge on any atom is -0.374 e. The molecule has 0 amide bonds. The third-order valence-electron chi connectivity index (χ3n) is 3.33. The van der Waals surface area contributed by atoms with Gasteiger partial charge in [-0.1, -0.05) is 11.3 Å². The quantitative estimate of drug-likeness (QED) is 0.898. The molecule has 1 aliphatic rings. The van der Waals surface area contributed by atoms with Gasteiger partial charge in [0.2, 0.25) is 11.1 Å². The van der Waals surface area contributed by atoms with E-state index in [1.54, 1.807) is 0 Å². The third-order valence-corrected chi connectivity index (χ3v) is 4.08. The number of aromatic nitrogens is 4. The molecule has 0 aliphatic heterocycles. The van der Waals surface area contributed by atoms with Gasteiger partial charge < -0.3 is 11.1 Å². The van der Waals surface area contributed by atoms with Crippen LogP contribution in [0, 0.1) is 0 Å². The number of fused-ring (bicyclic) bond motifs is 1. The molecule has 0 aromatic carbocycles. The molecule has 6 nitrogen and oxygen atoms in total. The second-order valence-corrected chi connectivity index (χ2v) is 6.01. The number of nitrogens with one attached hydrogen (secondary N) is 1. The number of nitrogens with zero attached hydrogens (tertiary/aromatic N) is 4. The average Bonchev–Trinajstić information content (AvgIpc) is 2.89. The summed E-state index contributed by atoms with van der Waals surface area (Å²) < 4.78 is 39.5. The average molecular weight is 330 g/mol. The fraction of sp³-hybridized carbons (Fsp3) is 0.500. The Bertz CT molecular complexity index is 684. The minimum atomic E-state index is -4.48. The highest BCUT2D eigenvalue weighted by molar-refractivity contribution is 7.15. The molecular formula is C12H13F3N6S. The zero-order valence-corrected chi connectivity index (χ0v) is 12.3. The largest absolute Gasteiger partial charge is 0.433 e. The molecule has 0 unspecified atom stereocenters. The molecule has 1 aliphatic carbocycles. The first-order valence-corrected chi connectivity index (χ1v) is 7.54. The minimum absolute atomic E-state index is 0.0400. The van der Waals surface area contributed by atoms with Gasteiger partial charge >= 0.3 is 6.18 Å². The number of halogens is 3. The van der Waals surface area contributed by atoms with E-state index in [1.807, 2.05) is 0 Å². The molecule has 0 fully saturated rings. The summed E-state index contributed by atoms with van der Waals surface area (Å²) in [5.74, 6) is -0.0400. The van der Waals surface area contributed by atoms with Gasteiger partial charge in [0.25, 0.3) is 0 Å². The van der Waals surface area contributed by atoms with Crippen LogP contribution in [0.3, 0.4) is 0 Å². The topological polar surface area (TPSA) is 89.6 Å².